The van der Waals surface area contributed by atoms with Crippen molar-refractivity contribution in [2.45, 2.75) is 51.4 Å². The Morgan fingerprint density at radius 3 is 2.62 bits per heavy atom. The van der Waals surface area contributed by atoms with E-state index in [1.165, 1.54) is 43.4 Å². The molecule has 24 heavy (non-hydrogen) atoms. The number of carboxylic acids is 1. The van der Waals surface area contributed by atoms with Crippen LogP contribution in [-0.2, 0) is 11.2 Å². The number of likely N-dealkylation sites (tertiary alicyclic amines) is 1. The molecule has 2 heterocycles. The summed E-state index contributed by atoms with van der Waals surface area (Å²) in [6, 6.07) is 4.34. The SMILES string of the molecule is O=C(O)C1CCN(CCOc2ccc(CC3CCCCC3)s2)CC1. The second-order valence-corrected chi connectivity index (χ2v) is 8.36. The molecule has 2 fully saturated rings. The van der Waals surface area contributed by atoms with Crippen LogP contribution in [0.15, 0.2) is 12.1 Å². The van der Waals surface area contributed by atoms with Gasteiger partial charge in [0.25, 0.3) is 0 Å². The van der Waals surface area contributed by atoms with E-state index in [1.807, 2.05) is 0 Å². The van der Waals surface area contributed by atoms with E-state index in [0.29, 0.717) is 6.61 Å². The molecule has 2 aliphatic rings. The topological polar surface area (TPSA) is 49.8 Å². The van der Waals surface area contributed by atoms with Crippen LogP contribution in [0.3, 0.4) is 0 Å². The Hall–Kier alpha value is -1.07. The molecule has 0 atom stereocenters. The summed E-state index contributed by atoms with van der Waals surface area (Å²) >= 11 is 1.80. The fourth-order valence-corrected chi connectivity index (χ4v) is 4.89. The summed E-state index contributed by atoms with van der Waals surface area (Å²) in [7, 11) is 0. The van der Waals surface area contributed by atoms with E-state index in [-0.39, 0.29) is 5.92 Å². The molecule has 1 aliphatic heterocycles. The van der Waals surface area contributed by atoms with Gasteiger partial charge in [-0.1, -0.05) is 32.1 Å². The average Bonchev–Trinajstić information content (AvgIpc) is 3.03. The first kappa shape index (κ1) is 17.7. The molecule has 0 radical (unpaired) electrons. The molecule has 3 rings (SSSR count). The minimum Gasteiger partial charge on any atom is -0.483 e. The molecule has 134 valence electrons. The fourth-order valence-electron chi connectivity index (χ4n) is 3.90. The second kappa shape index (κ2) is 8.86. The van der Waals surface area contributed by atoms with Gasteiger partial charge in [0, 0.05) is 11.4 Å². The van der Waals surface area contributed by atoms with Gasteiger partial charge in [0.2, 0.25) is 0 Å². The van der Waals surface area contributed by atoms with Gasteiger partial charge in [0.15, 0.2) is 5.06 Å². The van der Waals surface area contributed by atoms with E-state index in [2.05, 4.69) is 17.0 Å². The van der Waals surface area contributed by atoms with Crippen LogP contribution < -0.4 is 4.74 Å². The molecule has 0 spiro atoms. The summed E-state index contributed by atoms with van der Waals surface area (Å²) in [4.78, 5) is 14.7. The van der Waals surface area contributed by atoms with E-state index in [4.69, 9.17) is 9.84 Å². The first-order valence-electron chi connectivity index (χ1n) is 9.37. The number of ether oxygens (including phenoxy) is 1. The van der Waals surface area contributed by atoms with Gasteiger partial charge in [-0.3, -0.25) is 9.69 Å². The van der Waals surface area contributed by atoms with Gasteiger partial charge in [0.1, 0.15) is 6.61 Å². The predicted octanol–water partition coefficient (Wildman–Crippen LogP) is 4.05. The van der Waals surface area contributed by atoms with Crippen LogP contribution >= 0.6 is 11.3 Å². The van der Waals surface area contributed by atoms with E-state index in [1.54, 1.807) is 11.3 Å². The number of piperidine rings is 1. The third kappa shape index (κ3) is 5.21. The summed E-state index contributed by atoms with van der Waals surface area (Å²) in [5.41, 5.74) is 0. The monoisotopic (exact) mass is 351 g/mol. The molecule has 1 aromatic rings. The Morgan fingerprint density at radius 1 is 1.17 bits per heavy atom. The largest absolute Gasteiger partial charge is 0.483 e. The van der Waals surface area contributed by atoms with Crippen LogP contribution in [0, 0.1) is 11.8 Å². The van der Waals surface area contributed by atoms with Crippen molar-refractivity contribution in [3.05, 3.63) is 17.0 Å². The molecule has 0 amide bonds. The summed E-state index contributed by atoms with van der Waals surface area (Å²) in [5, 5.41) is 10.1. The van der Waals surface area contributed by atoms with Crippen molar-refractivity contribution in [1.82, 2.24) is 4.90 Å². The van der Waals surface area contributed by atoms with Gasteiger partial charge < -0.3 is 9.84 Å². The van der Waals surface area contributed by atoms with Crippen LogP contribution in [0.1, 0.15) is 49.8 Å². The maximum Gasteiger partial charge on any atom is 0.306 e. The maximum absolute atomic E-state index is 11.0. The lowest BCUT2D eigenvalue weighted by Crippen LogP contribution is -2.38. The molecular formula is C19H29NO3S. The highest BCUT2D eigenvalue weighted by molar-refractivity contribution is 7.13. The van der Waals surface area contributed by atoms with Crippen LogP contribution in [0.25, 0.3) is 0 Å². The zero-order valence-corrected chi connectivity index (χ0v) is 15.2. The van der Waals surface area contributed by atoms with Crippen molar-refractivity contribution >= 4 is 17.3 Å². The standard InChI is InChI=1S/C19H29NO3S/c21-19(22)16-8-10-20(11-9-16)12-13-23-18-7-6-17(24-18)14-15-4-2-1-3-5-15/h6-7,15-16H,1-5,8-14H2,(H,21,22). The predicted molar refractivity (Wildman–Crippen MR) is 96.9 cm³/mol. The van der Waals surface area contributed by atoms with E-state index >= 15 is 0 Å². The number of nitrogens with zero attached hydrogens (tertiary/aromatic N) is 1. The summed E-state index contributed by atoms with van der Waals surface area (Å²) in [6.07, 6.45) is 9.74. The highest BCUT2D eigenvalue weighted by Crippen LogP contribution is 2.31. The number of hydrogen-bond donors (Lipinski definition) is 1. The van der Waals surface area contributed by atoms with Gasteiger partial charge in [-0.2, -0.15) is 0 Å². The first-order valence-corrected chi connectivity index (χ1v) is 10.2. The van der Waals surface area contributed by atoms with Crippen LogP contribution in [-0.4, -0.2) is 42.2 Å². The zero-order valence-electron chi connectivity index (χ0n) is 14.4. The number of hydrogen-bond acceptors (Lipinski definition) is 4. The minimum absolute atomic E-state index is 0.151. The molecular weight excluding hydrogens is 322 g/mol. The quantitative estimate of drug-likeness (QED) is 0.805. The Balaban J connectivity index is 1.34. The maximum atomic E-state index is 11.0. The number of thiophene rings is 1. The molecule has 5 heteroatoms. The van der Waals surface area contributed by atoms with Gasteiger partial charge in [-0.15, -0.1) is 11.3 Å². The first-order chi connectivity index (χ1) is 11.7. The van der Waals surface area contributed by atoms with E-state index in [0.717, 1.165) is 43.5 Å². The minimum atomic E-state index is -0.644. The lowest BCUT2D eigenvalue weighted by molar-refractivity contribution is -0.143. The molecule has 1 aromatic heterocycles. The van der Waals surface area contributed by atoms with Crippen molar-refractivity contribution in [2.75, 3.05) is 26.2 Å². The molecule has 4 nitrogen and oxygen atoms in total. The smallest absolute Gasteiger partial charge is 0.306 e. The van der Waals surface area contributed by atoms with Crippen LogP contribution in [0.4, 0.5) is 0 Å². The van der Waals surface area contributed by atoms with Gasteiger partial charge >= 0.3 is 5.97 Å². The van der Waals surface area contributed by atoms with Gasteiger partial charge in [0.05, 0.1) is 5.92 Å². The normalized spacial score (nSPS) is 21.0. The average molecular weight is 352 g/mol. The second-order valence-electron chi connectivity index (χ2n) is 7.23. The Morgan fingerprint density at radius 2 is 1.92 bits per heavy atom. The van der Waals surface area contributed by atoms with Crippen molar-refractivity contribution in [3.63, 3.8) is 0 Å². The molecule has 0 unspecified atom stereocenters. The van der Waals surface area contributed by atoms with Gasteiger partial charge in [-0.05, 0) is 50.4 Å². The Labute approximate surface area is 148 Å². The van der Waals surface area contributed by atoms with Crippen molar-refractivity contribution in [2.24, 2.45) is 11.8 Å². The van der Waals surface area contributed by atoms with Crippen molar-refractivity contribution in [3.8, 4) is 5.06 Å². The number of rotatable bonds is 7. The molecule has 0 aromatic carbocycles. The van der Waals surface area contributed by atoms with E-state index in [9.17, 15) is 4.79 Å². The van der Waals surface area contributed by atoms with Crippen molar-refractivity contribution < 1.29 is 14.6 Å². The van der Waals surface area contributed by atoms with Crippen molar-refractivity contribution in [1.29, 1.82) is 0 Å². The highest BCUT2D eigenvalue weighted by Gasteiger charge is 2.24. The highest BCUT2D eigenvalue weighted by atomic mass is 32.1. The zero-order chi connectivity index (χ0) is 16.8. The number of aliphatic carboxylic acids is 1. The third-order valence-corrected chi connectivity index (χ3v) is 6.46. The Kier molecular flexibility index (Phi) is 6.55. The number of carboxylic acid groups (broad SMARTS) is 1. The van der Waals surface area contributed by atoms with E-state index < -0.39 is 5.97 Å². The summed E-state index contributed by atoms with van der Waals surface area (Å²) in [5.74, 6) is 0.0811. The van der Waals surface area contributed by atoms with Crippen LogP contribution in [0.2, 0.25) is 0 Å². The lowest BCUT2D eigenvalue weighted by atomic mass is 9.87. The molecule has 1 aliphatic carbocycles. The fraction of sp³-hybridized carbons (Fsp3) is 0.737. The Bertz CT molecular complexity index is 516. The lowest BCUT2D eigenvalue weighted by Gasteiger charge is -2.29. The van der Waals surface area contributed by atoms with Gasteiger partial charge in [-0.25, -0.2) is 0 Å². The molecule has 0 bridgehead atoms. The molecule has 1 saturated heterocycles. The van der Waals surface area contributed by atoms with Crippen LogP contribution in [0.5, 0.6) is 5.06 Å². The summed E-state index contributed by atoms with van der Waals surface area (Å²) < 4.78 is 5.91. The number of carbonyl (C=O) groups is 1. The third-order valence-electron chi connectivity index (χ3n) is 5.44. The summed E-state index contributed by atoms with van der Waals surface area (Å²) in [6.45, 7) is 3.33. The molecule has 1 N–H and O–H groups in total. The molecule has 1 saturated carbocycles.